The van der Waals surface area contributed by atoms with Gasteiger partial charge in [0.15, 0.2) is 0 Å². The first-order chi connectivity index (χ1) is 21.6. The van der Waals surface area contributed by atoms with Crippen molar-refractivity contribution in [2.75, 3.05) is 17.4 Å². The summed E-state index contributed by atoms with van der Waals surface area (Å²) in [5.41, 5.74) is 0.836. The number of benzene rings is 4. The second-order valence-corrected chi connectivity index (χ2v) is 12.7. The predicted octanol–water partition coefficient (Wildman–Crippen LogP) is 6.37. The molecule has 0 fully saturated rings. The van der Waals surface area contributed by atoms with Crippen molar-refractivity contribution >= 4 is 39.1 Å². The van der Waals surface area contributed by atoms with Crippen LogP contribution >= 0.6 is 11.6 Å². The predicted molar refractivity (Wildman–Crippen MR) is 171 cm³/mol. The van der Waals surface area contributed by atoms with Crippen molar-refractivity contribution in [3.8, 4) is 0 Å². The van der Waals surface area contributed by atoms with Crippen LogP contribution in [-0.2, 0) is 32.6 Å². The van der Waals surface area contributed by atoms with Gasteiger partial charge in [-0.3, -0.25) is 13.9 Å². The molecule has 4 aromatic rings. The molecule has 0 unspecified atom stereocenters. The van der Waals surface area contributed by atoms with Crippen LogP contribution in [0.5, 0.6) is 0 Å². The minimum Gasteiger partial charge on any atom is -0.354 e. The molecule has 0 saturated carbocycles. The van der Waals surface area contributed by atoms with Crippen LogP contribution in [0.25, 0.3) is 0 Å². The summed E-state index contributed by atoms with van der Waals surface area (Å²) < 4.78 is 57.8. The third-order valence-electron chi connectivity index (χ3n) is 7.20. The number of amides is 2. The third-order valence-corrected chi connectivity index (χ3v) is 9.28. The number of sulfonamides is 1. The number of hydrogen-bond acceptors (Lipinski definition) is 4. The van der Waals surface area contributed by atoms with E-state index in [4.69, 9.17) is 11.6 Å². The molecule has 0 aliphatic carbocycles. The monoisotopic (exact) mass is 653 g/mol. The molecule has 0 saturated heterocycles. The normalized spacial score (nSPS) is 11.9. The zero-order valence-electron chi connectivity index (χ0n) is 24.7. The summed E-state index contributed by atoms with van der Waals surface area (Å²) in [7, 11) is -4.39. The van der Waals surface area contributed by atoms with E-state index in [2.05, 4.69) is 5.32 Å². The first-order valence-corrected chi connectivity index (χ1v) is 16.3. The van der Waals surface area contributed by atoms with E-state index in [-0.39, 0.29) is 34.1 Å². The molecule has 1 atom stereocenters. The summed E-state index contributed by atoms with van der Waals surface area (Å²) in [6, 6.07) is 24.6. The molecule has 0 aromatic heterocycles. The molecule has 0 aliphatic heterocycles. The second-order valence-electron chi connectivity index (χ2n) is 10.4. The van der Waals surface area contributed by atoms with Gasteiger partial charge in [-0.2, -0.15) is 0 Å². The highest BCUT2D eigenvalue weighted by molar-refractivity contribution is 7.92. The van der Waals surface area contributed by atoms with Crippen LogP contribution in [0, 0.1) is 11.6 Å². The smallest absolute Gasteiger partial charge is 0.264 e. The molecule has 45 heavy (non-hydrogen) atoms. The van der Waals surface area contributed by atoms with Gasteiger partial charge in [-0.05, 0) is 48.4 Å². The molecule has 0 spiro atoms. The fourth-order valence-electron chi connectivity index (χ4n) is 4.76. The van der Waals surface area contributed by atoms with E-state index in [1.54, 1.807) is 24.3 Å². The zero-order chi connectivity index (χ0) is 32.4. The van der Waals surface area contributed by atoms with Gasteiger partial charge in [0.1, 0.15) is 24.2 Å². The molecular formula is C34H34ClF2N3O4S. The Balaban J connectivity index is 1.81. The highest BCUT2D eigenvalue weighted by atomic mass is 35.5. The van der Waals surface area contributed by atoms with Crippen LogP contribution in [-0.4, -0.2) is 44.3 Å². The quantitative estimate of drug-likeness (QED) is 0.160. The van der Waals surface area contributed by atoms with Crippen molar-refractivity contribution in [3.63, 3.8) is 0 Å². The first-order valence-electron chi connectivity index (χ1n) is 14.5. The maximum atomic E-state index is 15.0. The van der Waals surface area contributed by atoms with Crippen LogP contribution < -0.4 is 9.62 Å². The SMILES string of the molecule is CCCCNC(=O)[C@@H](Cc1ccccc1)N(Cc1ccccc1F)C(=O)CN(c1ccc(F)c(Cl)c1)S(=O)(=O)c1ccccc1. The Kier molecular flexibility index (Phi) is 11.7. The minimum atomic E-state index is -4.39. The van der Waals surface area contributed by atoms with Gasteiger partial charge in [-0.1, -0.05) is 91.7 Å². The van der Waals surface area contributed by atoms with Crippen molar-refractivity contribution in [3.05, 3.63) is 131 Å². The zero-order valence-corrected chi connectivity index (χ0v) is 26.3. The molecule has 11 heteroatoms. The van der Waals surface area contributed by atoms with Crippen molar-refractivity contribution < 1.29 is 26.8 Å². The van der Waals surface area contributed by atoms with Gasteiger partial charge in [-0.15, -0.1) is 0 Å². The largest absolute Gasteiger partial charge is 0.354 e. The lowest BCUT2D eigenvalue weighted by Gasteiger charge is -2.34. The van der Waals surface area contributed by atoms with Crippen molar-refractivity contribution in [1.29, 1.82) is 0 Å². The number of carbonyl (C=O) groups is 2. The van der Waals surface area contributed by atoms with Crippen LogP contribution in [0.2, 0.25) is 5.02 Å². The molecule has 0 aliphatic rings. The summed E-state index contributed by atoms with van der Waals surface area (Å²) >= 11 is 6.03. The maximum Gasteiger partial charge on any atom is 0.264 e. The van der Waals surface area contributed by atoms with Gasteiger partial charge >= 0.3 is 0 Å². The molecule has 0 radical (unpaired) electrons. The second kappa shape index (κ2) is 15.6. The average molecular weight is 654 g/mol. The van der Waals surface area contributed by atoms with Crippen molar-refractivity contribution in [2.45, 2.75) is 43.7 Å². The number of unbranched alkanes of at least 4 members (excludes halogenated alkanes) is 1. The molecule has 2 amide bonds. The molecule has 0 bridgehead atoms. The van der Waals surface area contributed by atoms with E-state index in [1.807, 2.05) is 25.1 Å². The lowest BCUT2D eigenvalue weighted by atomic mass is 10.0. The number of carbonyl (C=O) groups excluding carboxylic acids is 2. The number of anilines is 1. The van der Waals surface area contributed by atoms with Gasteiger partial charge in [0, 0.05) is 25.1 Å². The molecule has 7 nitrogen and oxygen atoms in total. The number of nitrogens with zero attached hydrogens (tertiary/aromatic N) is 2. The third kappa shape index (κ3) is 8.67. The summed E-state index contributed by atoms with van der Waals surface area (Å²) in [6.07, 6.45) is 1.63. The van der Waals surface area contributed by atoms with E-state index in [0.29, 0.717) is 13.0 Å². The van der Waals surface area contributed by atoms with E-state index >= 15 is 0 Å². The lowest BCUT2D eigenvalue weighted by Crippen LogP contribution is -2.53. The highest BCUT2D eigenvalue weighted by Gasteiger charge is 2.35. The van der Waals surface area contributed by atoms with Gasteiger partial charge in [0.05, 0.1) is 15.6 Å². The number of nitrogens with one attached hydrogen (secondary N) is 1. The summed E-state index contributed by atoms with van der Waals surface area (Å²) in [4.78, 5) is 29.1. The topological polar surface area (TPSA) is 86.8 Å². The summed E-state index contributed by atoms with van der Waals surface area (Å²) in [5.74, 6) is -2.58. The fourth-order valence-corrected chi connectivity index (χ4v) is 6.36. The molecule has 1 N–H and O–H groups in total. The van der Waals surface area contributed by atoms with Gasteiger partial charge < -0.3 is 10.2 Å². The van der Waals surface area contributed by atoms with Gasteiger partial charge in [0.2, 0.25) is 11.8 Å². The molecular weight excluding hydrogens is 620 g/mol. The lowest BCUT2D eigenvalue weighted by molar-refractivity contribution is -0.140. The van der Waals surface area contributed by atoms with Crippen molar-refractivity contribution in [2.24, 2.45) is 0 Å². The fraction of sp³-hybridized carbons (Fsp3) is 0.235. The molecule has 236 valence electrons. The number of rotatable bonds is 14. The van der Waals surface area contributed by atoms with Crippen LogP contribution in [0.4, 0.5) is 14.5 Å². The van der Waals surface area contributed by atoms with E-state index < -0.39 is 46.1 Å². The van der Waals surface area contributed by atoms with Crippen LogP contribution in [0.15, 0.2) is 108 Å². The van der Waals surface area contributed by atoms with Gasteiger partial charge in [-0.25, -0.2) is 17.2 Å². The molecule has 4 aromatic carbocycles. The van der Waals surface area contributed by atoms with Crippen LogP contribution in [0.1, 0.15) is 30.9 Å². The number of halogens is 3. The minimum absolute atomic E-state index is 0.0588. The summed E-state index contributed by atoms with van der Waals surface area (Å²) in [6.45, 7) is 1.25. The highest BCUT2D eigenvalue weighted by Crippen LogP contribution is 2.28. The molecule has 4 rings (SSSR count). The van der Waals surface area contributed by atoms with E-state index in [9.17, 15) is 26.8 Å². The van der Waals surface area contributed by atoms with E-state index in [0.717, 1.165) is 28.4 Å². The maximum absolute atomic E-state index is 15.0. The summed E-state index contributed by atoms with van der Waals surface area (Å²) in [5, 5.41) is 2.54. The Morgan fingerprint density at radius 1 is 0.867 bits per heavy atom. The Morgan fingerprint density at radius 2 is 1.51 bits per heavy atom. The van der Waals surface area contributed by atoms with Gasteiger partial charge in [0.25, 0.3) is 10.0 Å². The first kappa shape index (κ1) is 33.6. The Labute approximate surface area is 267 Å². The Bertz CT molecular complexity index is 1710. The van der Waals surface area contributed by atoms with Crippen molar-refractivity contribution in [1.82, 2.24) is 10.2 Å². The Hall–Kier alpha value is -4.28. The number of hydrogen-bond donors (Lipinski definition) is 1. The Morgan fingerprint density at radius 3 is 2.16 bits per heavy atom. The molecule has 0 heterocycles. The van der Waals surface area contributed by atoms with Crippen LogP contribution in [0.3, 0.4) is 0 Å². The average Bonchev–Trinajstić information content (AvgIpc) is 3.04. The van der Waals surface area contributed by atoms with E-state index in [1.165, 1.54) is 53.4 Å². The standard InChI is InChI=1S/C34H34ClF2N3O4S/c1-2-3-20-38-34(42)32(21-25-12-6-4-7-13-25)39(23-26-14-10-11-17-30(26)36)33(41)24-40(27-18-19-31(37)29(35)22-27)45(43,44)28-15-8-5-9-16-28/h4-19,22,32H,2-3,20-21,23-24H2,1H3,(H,38,42)/t32-/m1/s1.